The second kappa shape index (κ2) is 8.43. The van der Waals surface area contributed by atoms with Gasteiger partial charge in [0, 0.05) is 17.1 Å². The fourth-order valence-corrected chi connectivity index (χ4v) is 3.27. The number of halogens is 1. The van der Waals surface area contributed by atoms with E-state index in [1.165, 1.54) is 11.3 Å². The summed E-state index contributed by atoms with van der Waals surface area (Å²) in [5, 5.41) is 4.52. The highest BCUT2D eigenvalue weighted by atomic mass is 35.5. The van der Waals surface area contributed by atoms with Gasteiger partial charge < -0.3 is 10.2 Å². The molecule has 23 heavy (non-hydrogen) atoms. The molecule has 0 unspecified atom stereocenters. The number of nitrogens with one attached hydrogen (secondary N) is 1. The van der Waals surface area contributed by atoms with Crippen molar-refractivity contribution in [2.45, 2.75) is 19.8 Å². The number of aromatic nitrogens is 1. The number of unbranched alkanes of at least 4 members (excludes halogenated alkanes) is 1. The van der Waals surface area contributed by atoms with Gasteiger partial charge in [-0.25, -0.2) is 4.98 Å². The van der Waals surface area contributed by atoms with Crippen LogP contribution >= 0.6 is 22.9 Å². The molecule has 0 bridgehead atoms. The number of rotatable bonds is 7. The molecule has 0 spiro atoms. The molecular weight excluding hydrogens is 330 g/mol. The molecule has 0 radical (unpaired) electrons. The predicted molar refractivity (Wildman–Crippen MR) is 97.4 cm³/mol. The highest BCUT2D eigenvalue weighted by molar-refractivity contribution is 7.17. The van der Waals surface area contributed by atoms with E-state index in [2.05, 4.69) is 29.3 Å². The summed E-state index contributed by atoms with van der Waals surface area (Å²) >= 11 is 7.33. The van der Waals surface area contributed by atoms with Crippen molar-refractivity contribution >= 4 is 28.8 Å². The molecule has 0 saturated carbocycles. The molecule has 0 fully saturated rings. The molecule has 124 valence electrons. The van der Waals surface area contributed by atoms with Crippen molar-refractivity contribution in [2.75, 3.05) is 27.2 Å². The fourth-order valence-electron chi connectivity index (χ4n) is 2.16. The predicted octanol–water partition coefficient (Wildman–Crippen LogP) is 3.84. The van der Waals surface area contributed by atoms with Crippen molar-refractivity contribution in [2.24, 2.45) is 0 Å². The van der Waals surface area contributed by atoms with Crippen LogP contribution in [0.2, 0.25) is 5.02 Å². The van der Waals surface area contributed by atoms with Crippen molar-refractivity contribution in [3.05, 3.63) is 39.9 Å². The second-order valence-electron chi connectivity index (χ2n) is 5.71. The molecule has 1 heterocycles. The second-order valence-corrected chi connectivity index (χ2v) is 7.14. The Labute approximate surface area is 146 Å². The molecule has 1 aromatic heterocycles. The van der Waals surface area contributed by atoms with E-state index in [0.717, 1.165) is 35.7 Å². The van der Waals surface area contributed by atoms with Gasteiger partial charge in [0.15, 0.2) is 0 Å². The molecule has 4 nitrogen and oxygen atoms in total. The van der Waals surface area contributed by atoms with Gasteiger partial charge in [-0.2, -0.15) is 0 Å². The number of nitrogens with zero attached hydrogens (tertiary/aromatic N) is 2. The van der Waals surface area contributed by atoms with Gasteiger partial charge >= 0.3 is 0 Å². The van der Waals surface area contributed by atoms with Crippen molar-refractivity contribution in [3.8, 4) is 10.6 Å². The maximum absolute atomic E-state index is 12.3. The molecule has 2 rings (SSSR count). The zero-order chi connectivity index (χ0) is 16.8. The summed E-state index contributed by atoms with van der Waals surface area (Å²) in [6.07, 6.45) is 2.05. The monoisotopic (exact) mass is 351 g/mol. The molecule has 0 aliphatic heterocycles. The van der Waals surface area contributed by atoms with Crippen LogP contribution in [0.1, 0.15) is 28.2 Å². The lowest BCUT2D eigenvalue weighted by molar-refractivity contribution is 0.0956. The number of amides is 1. The summed E-state index contributed by atoms with van der Waals surface area (Å²) < 4.78 is 0. The van der Waals surface area contributed by atoms with Gasteiger partial charge in [-0.1, -0.05) is 23.7 Å². The number of aryl methyl sites for hydroxylation is 1. The molecule has 1 aromatic carbocycles. The Bertz CT molecular complexity index is 652. The first-order valence-electron chi connectivity index (χ1n) is 7.63. The Balaban J connectivity index is 1.95. The highest BCUT2D eigenvalue weighted by Crippen LogP contribution is 2.28. The minimum atomic E-state index is -0.0370. The average Bonchev–Trinajstić information content (AvgIpc) is 2.89. The largest absolute Gasteiger partial charge is 0.351 e. The van der Waals surface area contributed by atoms with Crippen LogP contribution in [-0.2, 0) is 0 Å². The number of hydrogen-bond donors (Lipinski definition) is 1. The lowest BCUT2D eigenvalue weighted by atomic mass is 10.2. The van der Waals surface area contributed by atoms with Crippen molar-refractivity contribution in [1.29, 1.82) is 0 Å². The van der Waals surface area contributed by atoms with E-state index in [-0.39, 0.29) is 5.91 Å². The third-order valence-corrected chi connectivity index (χ3v) is 4.87. The SMILES string of the molecule is Cc1nc(-c2ccc(Cl)cc2)sc1C(=O)NCCCCN(C)C. The van der Waals surface area contributed by atoms with E-state index in [4.69, 9.17) is 11.6 Å². The molecule has 0 aliphatic rings. The number of carbonyl (C=O) groups excluding carboxylic acids is 1. The van der Waals surface area contributed by atoms with Gasteiger partial charge in [0.1, 0.15) is 9.88 Å². The third kappa shape index (κ3) is 5.30. The minimum absolute atomic E-state index is 0.0370. The number of hydrogen-bond acceptors (Lipinski definition) is 4. The molecule has 0 aliphatic carbocycles. The van der Waals surface area contributed by atoms with E-state index < -0.39 is 0 Å². The summed E-state index contributed by atoms with van der Waals surface area (Å²) in [7, 11) is 4.11. The highest BCUT2D eigenvalue weighted by Gasteiger charge is 2.15. The van der Waals surface area contributed by atoms with Gasteiger partial charge in [-0.15, -0.1) is 11.3 Å². The van der Waals surface area contributed by atoms with Crippen molar-refractivity contribution in [3.63, 3.8) is 0 Å². The summed E-state index contributed by atoms with van der Waals surface area (Å²) in [6.45, 7) is 3.60. The summed E-state index contributed by atoms with van der Waals surface area (Å²) in [4.78, 5) is 19.6. The van der Waals surface area contributed by atoms with Gasteiger partial charge in [0.2, 0.25) is 0 Å². The van der Waals surface area contributed by atoms with Gasteiger partial charge in [-0.05, 0) is 52.5 Å². The van der Waals surface area contributed by atoms with Crippen LogP contribution < -0.4 is 5.32 Å². The summed E-state index contributed by atoms with van der Waals surface area (Å²) in [5.41, 5.74) is 1.75. The topological polar surface area (TPSA) is 45.2 Å². The Hall–Kier alpha value is -1.43. The Morgan fingerprint density at radius 2 is 1.96 bits per heavy atom. The fraction of sp³-hybridized carbons (Fsp3) is 0.412. The van der Waals surface area contributed by atoms with E-state index >= 15 is 0 Å². The molecular formula is C17H22ClN3OS. The van der Waals surface area contributed by atoms with Crippen molar-refractivity contribution < 1.29 is 4.79 Å². The van der Waals surface area contributed by atoms with E-state index in [1.807, 2.05) is 31.2 Å². The Kier molecular flexibility index (Phi) is 6.57. The molecule has 1 amide bonds. The van der Waals surface area contributed by atoms with Crippen LogP contribution in [0.4, 0.5) is 0 Å². The van der Waals surface area contributed by atoms with Crippen LogP contribution in [0.25, 0.3) is 10.6 Å². The van der Waals surface area contributed by atoms with E-state index in [9.17, 15) is 4.79 Å². The molecule has 0 atom stereocenters. The summed E-state index contributed by atoms with van der Waals surface area (Å²) in [6, 6.07) is 7.50. The summed E-state index contributed by atoms with van der Waals surface area (Å²) in [5.74, 6) is -0.0370. The Morgan fingerprint density at radius 3 is 2.61 bits per heavy atom. The maximum Gasteiger partial charge on any atom is 0.263 e. The van der Waals surface area contributed by atoms with Gasteiger partial charge in [-0.3, -0.25) is 4.79 Å². The first-order chi connectivity index (χ1) is 11.0. The van der Waals surface area contributed by atoms with Crippen LogP contribution in [-0.4, -0.2) is 43.0 Å². The van der Waals surface area contributed by atoms with Crippen LogP contribution in [0.15, 0.2) is 24.3 Å². The third-order valence-electron chi connectivity index (χ3n) is 3.41. The van der Waals surface area contributed by atoms with Crippen LogP contribution in [0.5, 0.6) is 0 Å². The lowest BCUT2D eigenvalue weighted by Crippen LogP contribution is -2.25. The minimum Gasteiger partial charge on any atom is -0.351 e. The standard InChI is InChI=1S/C17H22ClN3OS/c1-12-15(16(22)19-10-4-5-11-21(2)3)23-17(20-12)13-6-8-14(18)9-7-13/h6-9H,4-5,10-11H2,1-3H3,(H,19,22). The number of benzene rings is 1. The zero-order valence-electron chi connectivity index (χ0n) is 13.7. The van der Waals surface area contributed by atoms with E-state index in [0.29, 0.717) is 16.4 Å². The molecule has 0 saturated heterocycles. The maximum atomic E-state index is 12.3. The van der Waals surface area contributed by atoms with Gasteiger partial charge in [0.05, 0.1) is 5.69 Å². The lowest BCUT2D eigenvalue weighted by Gasteiger charge is -2.09. The number of thiazole rings is 1. The quantitative estimate of drug-likeness (QED) is 0.771. The normalized spacial score (nSPS) is 11.0. The van der Waals surface area contributed by atoms with E-state index in [1.54, 1.807) is 0 Å². The smallest absolute Gasteiger partial charge is 0.263 e. The van der Waals surface area contributed by atoms with Crippen LogP contribution in [0.3, 0.4) is 0 Å². The molecule has 2 aromatic rings. The van der Waals surface area contributed by atoms with Crippen LogP contribution in [0, 0.1) is 6.92 Å². The Morgan fingerprint density at radius 1 is 1.26 bits per heavy atom. The van der Waals surface area contributed by atoms with Gasteiger partial charge in [0.25, 0.3) is 5.91 Å². The number of carbonyl (C=O) groups is 1. The van der Waals surface area contributed by atoms with Crippen molar-refractivity contribution in [1.82, 2.24) is 15.2 Å². The first-order valence-corrected chi connectivity index (χ1v) is 8.83. The average molecular weight is 352 g/mol. The molecule has 6 heteroatoms. The molecule has 1 N–H and O–H groups in total. The first kappa shape index (κ1) is 17.9. The zero-order valence-corrected chi connectivity index (χ0v) is 15.3.